The summed E-state index contributed by atoms with van der Waals surface area (Å²) in [4.78, 5) is 11.9. The second kappa shape index (κ2) is 8.64. The summed E-state index contributed by atoms with van der Waals surface area (Å²) in [6.07, 6.45) is 3.30. The molecule has 1 aliphatic heterocycles. The molecule has 1 unspecified atom stereocenters. The molecule has 0 bridgehead atoms. The lowest BCUT2D eigenvalue weighted by Crippen LogP contribution is -2.26. The molecule has 1 amide bonds. The van der Waals surface area contributed by atoms with E-state index in [1.807, 2.05) is 19.2 Å². The molecule has 1 aromatic rings. The zero-order valence-electron chi connectivity index (χ0n) is 12.6. The number of benzene rings is 1. The molecule has 1 aliphatic rings. The van der Waals surface area contributed by atoms with Crippen LogP contribution in [0.15, 0.2) is 24.3 Å². The number of carbonyl (C=O) groups is 1. The first kappa shape index (κ1) is 15.8. The third-order valence-electron chi connectivity index (χ3n) is 3.47. The van der Waals surface area contributed by atoms with Crippen molar-refractivity contribution in [3.8, 4) is 5.75 Å². The Morgan fingerprint density at radius 3 is 2.81 bits per heavy atom. The van der Waals surface area contributed by atoms with Gasteiger partial charge in [0.1, 0.15) is 12.4 Å². The minimum absolute atomic E-state index is 0.0446. The topological polar surface area (TPSA) is 59.6 Å². The van der Waals surface area contributed by atoms with Gasteiger partial charge in [0.2, 0.25) is 0 Å². The number of hydrogen-bond acceptors (Lipinski definition) is 4. The monoisotopic (exact) mass is 292 g/mol. The van der Waals surface area contributed by atoms with Crippen LogP contribution in [0.1, 0.15) is 29.6 Å². The van der Waals surface area contributed by atoms with E-state index in [-0.39, 0.29) is 12.0 Å². The SMILES string of the molecule is CNCCCNC(=O)c1ccc(OCC2CCCO2)cc1. The lowest BCUT2D eigenvalue weighted by atomic mass is 10.2. The number of nitrogens with one attached hydrogen (secondary N) is 2. The Hall–Kier alpha value is -1.59. The Morgan fingerprint density at radius 2 is 2.14 bits per heavy atom. The van der Waals surface area contributed by atoms with Crippen molar-refractivity contribution in [1.82, 2.24) is 10.6 Å². The predicted molar refractivity (Wildman–Crippen MR) is 81.8 cm³/mol. The second-order valence-electron chi connectivity index (χ2n) is 5.18. The van der Waals surface area contributed by atoms with E-state index in [4.69, 9.17) is 9.47 Å². The zero-order valence-corrected chi connectivity index (χ0v) is 12.6. The molecule has 21 heavy (non-hydrogen) atoms. The predicted octanol–water partition coefficient (Wildman–Crippen LogP) is 1.58. The van der Waals surface area contributed by atoms with Gasteiger partial charge in [-0.1, -0.05) is 0 Å². The van der Waals surface area contributed by atoms with Gasteiger partial charge >= 0.3 is 0 Å². The van der Waals surface area contributed by atoms with Gasteiger partial charge < -0.3 is 20.1 Å². The molecule has 0 aromatic heterocycles. The molecule has 0 aliphatic carbocycles. The lowest BCUT2D eigenvalue weighted by Gasteiger charge is -2.11. The summed E-state index contributed by atoms with van der Waals surface area (Å²) in [5, 5.41) is 5.94. The number of amides is 1. The molecular formula is C16H24N2O3. The first-order valence-electron chi connectivity index (χ1n) is 7.57. The van der Waals surface area contributed by atoms with Crippen LogP contribution in [0.3, 0.4) is 0 Å². The number of hydrogen-bond donors (Lipinski definition) is 2. The Balaban J connectivity index is 1.73. The van der Waals surface area contributed by atoms with Crippen molar-refractivity contribution in [3.05, 3.63) is 29.8 Å². The molecule has 1 aromatic carbocycles. The van der Waals surface area contributed by atoms with Gasteiger partial charge in [0.25, 0.3) is 5.91 Å². The summed E-state index contributed by atoms with van der Waals surface area (Å²) in [6.45, 7) is 2.99. The van der Waals surface area contributed by atoms with E-state index in [0.717, 1.165) is 38.2 Å². The fraction of sp³-hybridized carbons (Fsp3) is 0.562. The highest BCUT2D eigenvalue weighted by Crippen LogP contribution is 2.16. The maximum absolute atomic E-state index is 11.9. The standard InChI is InChI=1S/C16H24N2O3/c1-17-9-3-10-18-16(19)13-5-7-14(8-6-13)21-12-15-4-2-11-20-15/h5-8,15,17H,2-4,9-12H2,1H3,(H,18,19). The fourth-order valence-electron chi connectivity index (χ4n) is 2.24. The van der Waals surface area contributed by atoms with Gasteiger partial charge in [-0.25, -0.2) is 0 Å². The normalized spacial score (nSPS) is 17.7. The van der Waals surface area contributed by atoms with Gasteiger partial charge in [0, 0.05) is 18.7 Å². The van der Waals surface area contributed by atoms with Crippen molar-refractivity contribution in [2.24, 2.45) is 0 Å². The highest BCUT2D eigenvalue weighted by molar-refractivity contribution is 5.94. The van der Waals surface area contributed by atoms with Crippen molar-refractivity contribution in [2.75, 3.05) is 33.4 Å². The van der Waals surface area contributed by atoms with Crippen LogP contribution in [0.2, 0.25) is 0 Å². The van der Waals surface area contributed by atoms with Gasteiger partial charge in [0.15, 0.2) is 0 Å². The molecule has 1 saturated heterocycles. The average molecular weight is 292 g/mol. The second-order valence-corrected chi connectivity index (χ2v) is 5.18. The third kappa shape index (κ3) is 5.36. The Labute approximate surface area is 126 Å². The van der Waals surface area contributed by atoms with Crippen LogP contribution in [0.5, 0.6) is 5.75 Å². The summed E-state index contributed by atoms with van der Waals surface area (Å²) < 4.78 is 11.2. The van der Waals surface area contributed by atoms with Crippen molar-refractivity contribution >= 4 is 5.91 Å². The quantitative estimate of drug-likeness (QED) is 0.714. The van der Waals surface area contributed by atoms with E-state index in [0.29, 0.717) is 18.7 Å². The lowest BCUT2D eigenvalue weighted by molar-refractivity contribution is 0.0679. The Morgan fingerprint density at radius 1 is 1.33 bits per heavy atom. The van der Waals surface area contributed by atoms with E-state index in [1.165, 1.54) is 0 Å². The molecule has 1 atom stereocenters. The van der Waals surface area contributed by atoms with Crippen molar-refractivity contribution in [2.45, 2.75) is 25.4 Å². The van der Waals surface area contributed by atoms with Gasteiger partial charge in [-0.3, -0.25) is 4.79 Å². The Bertz CT molecular complexity index is 428. The highest BCUT2D eigenvalue weighted by Gasteiger charge is 2.16. The maximum atomic E-state index is 11.9. The summed E-state index contributed by atoms with van der Waals surface area (Å²) >= 11 is 0. The first-order valence-corrected chi connectivity index (χ1v) is 7.57. The average Bonchev–Trinajstić information content (AvgIpc) is 3.03. The van der Waals surface area contributed by atoms with Crippen molar-refractivity contribution in [1.29, 1.82) is 0 Å². The van der Waals surface area contributed by atoms with E-state index in [9.17, 15) is 4.79 Å². The van der Waals surface area contributed by atoms with Crippen LogP contribution in [0.25, 0.3) is 0 Å². The van der Waals surface area contributed by atoms with Crippen LogP contribution in [-0.2, 0) is 4.74 Å². The largest absolute Gasteiger partial charge is 0.491 e. The van der Waals surface area contributed by atoms with Gasteiger partial charge in [-0.15, -0.1) is 0 Å². The summed E-state index contributed by atoms with van der Waals surface area (Å²) in [7, 11) is 1.90. The van der Waals surface area contributed by atoms with E-state index in [1.54, 1.807) is 12.1 Å². The molecule has 116 valence electrons. The van der Waals surface area contributed by atoms with E-state index >= 15 is 0 Å². The molecule has 2 rings (SSSR count). The molecule has 0 radical (unpaired) electrons. The Kier molecular flexibility index (Phi) is 6.50. The van der Waals surface area contributed by atoms with Crippen LogP contribution in [0, 0.1) is 0 Å². The molecule has 5 heteroatoms. The molecule has 0 spiro atoms. The molecular weight excluding hydrogens is 268 g/mol. The molecule has 2 N–H and O–H groups in total. The molecule has 0 saturated carbocycles. The van der Waals surface area contributed by atoms with Crippen LogP contribution < -0.4 is 15.4 Å². The van der Waals surface area contributed by atoms with Gasteiger partial charge in [-0.05, 0) is 57.1 Å². The minimum atomic E-state index is -0.0446. The third-order valence-corrected chi connectivity index (χ3v) is 3.47. The van der Waals surface area contributed by atoms with Crippen molar-refractivity contribution < 1.29 is 14.3 Å². The number of rotatable bonds is 8. The van der Waals surface area contributed by atoms with Crippen LogP contribution in [-0.4, -0.2) is 45.4 Å². The summed E-state index contributed by atoms with van der Waals surface area (Å²) in [5.41, 5.74) is 0.656. The molecule has 5 nitrogen and oxygen atoms in total. The molecule has 1 fully saturated rings. The fourth-order valence-corrected chi connectivity index (χ4v) is 2.24. The summed E-state index contributed by atoms with van der Waals surface area (Å²) in [5.74, 6) is 0.731. The van der Waals surface area contributed by atoms with Crippen LogP contribution >= 0.6 is 0 Å². The van der Waals surface area contributed by atoms with E-state index < -0.39 is 0 Å². The van der Waals surface area contributed by atoms with Crippen molar-refractivity contribution in [3.63, 3.8) is 0 Å². The van der Waals surface area contributed by atoms with Gasteiger partial charge in [0.05, 0.1) is 6.10 Å². The zero-order chi connectivity index (χ0) is 14.9. The maximum Gasteiger partial charge on any atom is 0.251 e. The number of ether oxygens (including phenoxy) is 2. The van der Waals surface area contributed by atoms with E-state index in [2.05, 4.69) is 10.6 Å². The first-order chi connectivity index (χ1) is 10.3. The van der Waals surface area contributed by atoms with Gasteiger partial charge in [-0.2, -0.15) is 0 Å². The smallest absolute Gasteiger partial charge is 0.251 e. The van der Waals surface area contributed by atoms with Crippen LogP contribution in [0.4, 0.5) is 0 Å². The minimum Gasteiger partial charge on any atom is -0.491 e. The summed E-state index contributed by atoms with van der Waals surface area (Å²) in [6, 6.07) is 7.24. The molecule has 1 heterocycles. The number of carbonyl (C=O) groups excluding carboxylic acids is 1. The highest BCUT2D eigenvalue weighted by atomic mass is 16.5.